The van der Waals surface area contributed by atoms with Crippen LogP contribution >= 0.6 is 0 Å². The average molecular weight is 238 g/mol. The van der Waals surface area contributed by atoms with Gasteiger partial charge < -0.3 is 10.6 Å². The monoisotopic (exact) mass is 238 g/mol. The number of nitrogens with zero attached hydrogens (tertiary/aromatic N) is 1. The van der Waals surface area contributed by atoms with Gasteiger partial charge >= 0.3 is 0 Å². The Morgan fingerprint density at radius 1 is 1.18 bits per heavy atom. The van der Waals surface area contributed by atoms with Crippen molar-refractivity contribution in [3.8, 4) is 0 Å². The first-order valence-corrected chi connectivity index (χ1v) is 7.19. The molecule has 3 heteroatoms. The Balaban J connectivity index is 1.77. The zero-order chi connectivity index (χ0) is 12.3. The van der Waals surface area contributed by atoms with E-state index < -0.39 is 0 Å². The third-order valence-corrected chi connectivity index (χ3v) is 4.74. The Morgan fingerprint density at radius 2 is 1.82 bits per heavy atom. The van der Waals surface area contributed by atoms with Crippen molar-refractivity contribution in [1.82, 2.24) is 4.90 Å². The van der Waals surface area contributed by atoms with Crippen LogP contribution in [0.15, 0.2) is 0 Å². The fourth-order valence-corrected chi connectivity index (χ4v) is 3.18. The van der Waals surface area contributed by atoms with Gasteiger partial charge in [0, 0.05) is 19.0 Å². The van der Waals surface area contributed by atoms with Crippen LogP contribution in [-0.4, -0.2) is 30.4 Å². The lowest BCUT2D eigenvalue weighted by Gasteiger charge is -2.38. The van der Waals surface area contributed by atoms with Crippen molar-refractivity contribution in [1.29, 1.82) is 0 Å². The summed E-state index contributed by atoms with van der Waals surface area (Å²) in [5.41, 5.74) is 5.59. The Bertz CT molecular complexity index is 255. The second-order valence-corrected chi connectivity index (χ2v) is 5.83. The van der Waals surface area contributed by atoms with E-state index in [0.717, 1.165) is 31.7 Å². The van der Waals surface area contributed by atoms with Crippen LogP contribution in [0.1, 0.15) is 51.4 Å². The number of carbonyl (C=O) groups excluding carboxylic acids is 1. The van der Waals surface area contributed by atoms with E-state index >= 15 is 0 Å². The van der Waals surface area contributed by atoms with Crippen molar-refractivity contribution >= 4 is 5.91 Å². The topological polar surface area (TPSA) is 46.3 Å². The quantitative estimate of drug-likeness (QED) is 0.815. The number of amides is 1. The van der Waals surface area contributed by atoms with E-state index in [1.807, 2.05) is 11.9 Å². The Labute approximate surface area is 105 Å². The van der Waals surface area contributed by atoms with Gasteiger partial charge in [-0.1, -0.05) is 0 Å². The zero-order valence-corrected chi connectivity index (χ0v) is 11.0. The molecule has 1 amide bonds. The second kappa shape index (κ2) is 5.85. The summed E-state index contributed by atoms with van der Waals surface area (Å²) in [6.07, 6.45) is 9.43. The molecule has 0 spiro atoms. The smallest absolute Gasteiger partial charge is 0.225 e. The third kappa shape index (κ3) is 3.01. The molecule has 2 aliphatic rings. The summed E-state index contributed by atoms with van der Waals surface area (Å²) >= 11 is 0. The highest BCUT2D eigenvalue weighted by molar-refractivity contribution is 5.79. The molecule has 0 aromatic rings. The summed E-state index contributed by atoms with van der Waals surface area (Å²) < 4.78 is 0. The number of rotatable bonds is 4. The van der Waals surface area contributed by atoms with Crippen molar-refractivity contribution in [2.75, 3.05) is 13.6 Å². The van der Waals surface area contributed by atoms with Crippen molar-refractivity contribution in [2.24, 2.45) is 17.6 Å². The Morgan fingerprint density at radius 3 is 2.29 bits per heavy atom. The number of carbonyl (C=O) groups is 1. The molecule has 17 heavy (non-hydrogen) atoms. The van der Waals surface area contributed by atoms with Crippen molar-refractivity contribution < 1.29 is 4.79 Å². The van der Waals surface area contributed by atoms with Gasteiger partial charge in [0.15, 0.2) is 0 Å². The molecular formula is C14H26N2O. The maximum Gasteiger partial charge on any atom is 0.225 e. The van der Waals surface area contributed by atoms with Gasteiger partial charge in [0.25, 0.3) is 0 Å². The van der Waals surface area contributed by atoms with Crippen LogP contribution in [0.4, 0.5) is 0 Å². The van der Waals surface area contributed by atoms with Crippen LogP contribution in [0.25, 0.3) is 0 Å². The van der Waals surface area contributed by atoms with Crippen LogP contribution in [0.5, 0.6) is 0 Å². The Kier molecular flexibility index (Phi) is 4.43. The van der Waals surface area contributed by atoms with Crippen molar-refractivity contribution in [3.63, 3.8) is 0 Å². The number of hydrogen-bond donors (Lipinski definition) is 1. The predicted octanol–water partition coefficient (Wildman–Crippen LogP) is 2.15. The fraction of sp³-hybridized carbons (Fsp3) is 0.929. The van der Waals surface area contributed by atoms with E-state index in [-0.39, 0.29) is 0 Å². The van der Waals surface area contributed by atoms with Gasteiger partial charge in [-0.2, -0.15) is 0 Å². The second-order valence-electron chi connectivity index (χ2n) is 5.83. The summed E-state index contributed by atoms with van der Waals surface area (Å²) in [4.78, 5) is 14.3. The third-order valence-electron chi connectivity index (χ3n) is 4.74. The molecule has 0 aliphatic heterocycles. The van der Waals surface area contributed by atoms with E-state index in [2.05, 4.69) is 0 Å². The van der Waals surface area contributed by atoms with Crippen LogP contribution in [-0.2, 0) is 4.79 Å². The predicted molar refractivity (Wildman–Crippen MR) is 69.5 cm³/mol. The first-order valence-electron chi connectivity index (χ1n) is 7.19. The normalized spacial score (nSPS) is 29.8. The van der Waals surface area contributed by atoms with Crippen LogP contribution in [0, 0.1) is 11.8 Å². The molecule has 2 N–H and O–H groups in total. The van der Waals surface area contributed by atoms with E-state index in [1.165, 1.54) is 32.1 Å². The SMILES string of the molecule is CN(C(=O)C1CCC(CCN)CC1)C1CCC1. The molecule has 0 unspecified atom stereocenters. The highest BCUT2D eigenvalue weighted by atomic mass is 16.2. The molecule has 0 aromatic carbocycles. The van der Waals surface area contributed by atoms with E-state index in [9.17, 15) is 4.79 Å². The molecule has 2 fully saturated rings. The maximum absolute atomic E-state index is 12.3. The van der Waals surface area contributed by atoms with Gasteiger partial charge in [0.2, 0.25) is 5.91 Å². The van der Waals surface area contributed by atoms with Crippen LogP contribution < -0.4 is 5.73 Å². The lowest BCUT2D eigenvalue weighted by Crippen LogP contribution is -2.44. The molecule has 2 saturated carbocycles. The molecule has 98 valence electrons. The van der Waals surface area contributed by atoms with E-state index in [0.29, 0.717) is 17.9 Å². The largest absolute Gasteiger partial charge is 0.343 e. The first-order chi connectivity index (χ1) is 8.22. The highest BCUT2D eigenvalue weighted by Crippen LogP contribution is 2.33. The molecule has 2 rings (SSSR count). The van der Waals surface area contributed by atoms with E-state index in [4.69, 9.17) is 5.73 Å². The molecule has 0 bridgehead atoms. The summed E-state index contributed by atoms with van der Waals surface area (Å²) in [5, 5.41) is 0. The van der Waals surface area contributed by atoms with Gasteiger partial charge in [0.1, 0.15) is 0 Å². The first kappa shape index (κ1) is 12.9. The van der Waals surface area contributed by atoms with Crippen LogP contribution in [0.3, 0.4) is 0 Å². The Hall–Kier alpha value is -0.570. The van der Waals surface area contributed by atoms with Crippen LogP contribution in [0.2, 0.25) is 0 Å². The molecule has 0 heterocycles. The number of nitrogens with two attached hydrogens (primary N) is 1. The van der Waals surface area contributed by atoms with Gasteiger partial charge in [-0.15, -0.1) is 0 Å². The molecule has 0 aromatic heterocycles. The highest BCUT2D eigenvalue weighted by Gasteiger charge is 2.32. The molecule has 0 atom stereocenters. The summed E-state index contributed by atoms with van der Waals surface area (Å²) in [6.45, 7) is 0.797. The minimum absolute atomic E-state index is 0.301. The van der Waals surface area contributed by atoms with E-state index in [1.54, 1.807) is 0 Å². The van der Waals surface area contributed by atoms with Gasteiger partial charge in [0.05, 0.1) is 0 Å². The minimum atomic E-state index is 0.301. The summed E-state index contributed by atoms with van der Waals surface area (Å²) in [6, 6.07) is 0.546. The molecule has 0 saturated heterocycles. The van der Waals surface area contributed by atoms with Gasteiger partial charge in [-0.25, -0.2) is 0 Å². The number of hydrogen-bond acceptors (Lipinski definition) is 2. The standard InChI is InChI=1S/C14H26N2O/c1-16(13-3-2-4-13)14(17)12-7-5-11(6-8-12)9-10-15/h11-13H,2-10,15H2,1H3. The minimum Gasteiger partial charge on any atom is -0.343 e. The zero-order valence-electron chi connectivity index (χ0n) is 11.0. The lowest BCUT2D eigenvalue weighted by atomic mass is 9.79. The molecule has 3 nitrogen and oxygen atoms in total. The summed E-state index contributed by atoms with van der Waals surface area (Å²) in [5.74, 6) is 1.48. The van der Waals surface area contributed by atoms with Crippen molar-refractivity contribution in [3.05, 3.63) is 0 Å². The van der Waals surface area contributed by atoms with Gasteiger partial charge in [-0.3, -0.25) is 4.79 Å². The summed E-state index contributed by atoms with van der Waals surface area (Å²) in [7, 11) is 2.00. The fourth-order valence-electron chi connectivity index (χ4n) is 3.18. The van der Waals surface area contributed by atoms with Gasteiger partial charge in [-0.05, 0) is 63.8 Å². The average Bonchev–Trinajstić information content (AvgIpc) is 2.27. The lowest BCUT2D eigenvalue weighted by molar-refractivity contribution is -0.139. The molecular weight excluding hydrogens is 212 g/mol. The molecule has 2 aliphatic carbocycles. The maximum atomic E-state index is 12.3. The van der Waals surface area contributed by atoms with Crippen molar-refractivity contribution in [2.45, 2.75) is 57.4 Å². The molecule has 0 radical (unpaired) electrons.